The molecule has 0 spiro atoms. The average molecular weight is 403 g/mol. The lowest BCUT2D eigenvalue weighted by Gasteiger charge is -2.36. The van der Waals surface area contributed by atoms with E-state index in [1.165, 1.54) is 12.0 Å². The summed E-state index contributed by atoms with van der Waals surface area (Å²) in [6.45, 7) is 5.92. The summed E-state index contributed by atoms with van der Waals surface area (Å²) in [6.07, 6.45) is 1.49. The number of carbonyl (C=O) groups is 1. The van der Waals surface area contributed by atoms with Crippen molar-refractivity contribution in [1.29, 1.82) is 0 Å². The highest BCUT2D eigenvalue weighted by molar-refractivity contribution is 6.05. The number of hydrogen-bond donors (Lipinski definition) is 1. The number of piperazine rings is 1. The maximum absolute atomic E-state index is 12.7. The molecule has 1 aliphatic heterocycles. The van der Waals surface area contributed by atoms with Crippen molar-refractivity contribution in [3.63, 3.8) is 0 Å². The quantitative estimate of drug-likeness (QED) is 0.680. The first-order chi connectivity index (χ1) is 14.7. The molecule has 0 atom stereocenters. The van der Waals surface area contributed by atoms with Gasteiger partial charge in [0, 0.05) is 37.9 Å². The highest BCUT2D eigenvalue weighted by atomic mass is 16.5. The van der Waals surface area contributed by atoms with E-state index >= 15 is 0 Å². The van der Waals surface area contributed by atoms with Crippen molar-refractivity contribution < 1.29 is 9.53 Å². The minimum atomic E-state index is -0.252. The molecule has 7 nitrogen and oxygen atoms in total. The van der Waals surface area contributed by atoms with Crippen LogP contribution in [0.4, 0.5) is 17.3 Å². The zero-order valence-electron chi connectivity index (χ0n) is 17.0. The molecule has 1 aromatic heterocycles. The Balaban J connectivity index is 1.42. The SMILES string of the molecule is CCOc1ccccc1C(=O)Nc1cc(N2CCN(c3ccccc3)CC2)ncn1. The highest BCUT2D eigenvalue weighted by Crippen LogP contribution is 2.22. The van der Waals surface area contributed by atoms with Gasteiger partial charge in [-0.05, 0) is 31.2 Å². The van der Waals surface area contributed by atoms with Crippen molar-refractivity contribution in [1.82, 2.24) is 9.97 Å². The van der Waals surface area contributed by atoms with Crippen molar-refractivity contribution >= 4 is 23.2 Å². The van der Waals surface area contributed by atoms with Gasteiger partial charge in [-0.1, -0.05) is 30.3 Å². The molecule has 0 saturated carbocycles. The van der Waals surface area contributed by atoms with Crippen LogP contribution in [0.3, 0.4) is 0 Å². The highest BCUT2D eigenvalue weighted by Gasteiger charge is 2.19. The molecule has 1 N–H and O–H groups in total. The molecule has 0 bridgehead atoms. The number of rotatable bonds is 6. The molecule has 0 radical (unpaired) electrons. The number of nitrogens with zero attached hydrogens (tertiary/aromatic N) is 4. The van der Waals surface area contributed by atoms with Gasteiger partial charge in [0.15, 0.2) is 0 Å². The van der Waals surface area contributed by atoms with E-state index in [0.717, 1.165) is 32.0 Å². The van der Waals surface area contributed by atoms with Gasteiger partial charge in [0.05, 0.1) is 12.2 Å². The van der Waals surface area contributed by atoms with Crippen LogP contribution in [0.25, 0.3) is 0 Å². The second-order valence-electron chi connectivity index (χ2n) is 6.95. The largest absolute Gasteiger partial charge is 0.493 e. The Kier molecular flexibility index (Phi) is 6.08. The molecule has 1 amide bonds. The molecule has 2 aromatic carbocycles. The summed E-state index contributed by atoms with van der Waals surface area (Å²) in [5.74, 6) is 1.59. The van der Waals surface area contributed by atoms with Gasteiger partial charge in [-0.2, -0.15) is 0 Å². The number of hydrogen-bond acceptors (Lipinski definition) is 6. The van der Waals surface area contributed by atoms with Crippen LogP contribution in [-0.4, -0.2) is 48.7 Å². The predicted molar refractivity (Wildman–Crippen MR) is 118 cm³/mol. The number of para-hydroxylation sites is 2. The molecule has 2 heterocycles. The molecule has 1 aliphatic rings. The van der Waals surface area contributed by atoms with Gasteiger partial charge in [-0.15, -0.1) is 0 Å². The summed E-state index contributed by atoms with van der Waals surface area (Å²) in [7, 11) is 0. The molecule has 1 fully saturated rings. The average Bonchev–Trinajstić information content (AvgIpc) is 2.80. The molecular formula is C23H25N5O2. The maximum Gasteiger partial charge on any atom is 0.260 e. The minimum absolute atomic E-state index is 0.252. The van der Waals surface area contributed by atoms with Crippen LogP contribution in [0.15, 0.2) is 67.0 Å². The fourth-order valence-electron chi connectivity index (χ4n) is 3.54. The van der Waals surface area contributed by atoms with Gasteiger partial charge in [-0.25, -0.2) is 9.97 Å². The second kappa shape index (κ2) is 9.26. The lowest BCUT2D eigenvalue weighted by Crippen LogP contribution is -2.46. The summed E-state index contributed by atoms with van der Waals surface area (Å²) in [5.41, 5.74) is 1.72. The fraction of sp³-hybridized carbons (Fsp3) is 0.261. The first kappa shape index (κ1) is 19.7. The van der Waals surface area contributed by atoms with Gasteiger partial charge in [0.2, 0.25) is 0 Å². The number of amides is 1. The monoisotopic (exact) mass is 403 g/mol. The van der Waals surface area contributed by atoms with E-state index in [0.29, 0.717) is 23.7 Å². The van der Waals surface area contributed by atoms with Crippen LogP contribution >= 0.6 is 0 Å². The van der Waals surface area contributed by atoms with Crippen LogP contribution in [0.2, 0.25) is 0 Å². The molecule has 0 aliphatic carbocycles. The van der Waals surface area contributed by atoms with E-state index in [9.17, 15) is 4.79 Å². The Morgan fingerprint density at radius 3 is 2.43 bits per heavy atom. The number of anilines is 3. The van der Waals surface area contributed by atoms with Crippen LogP contribution in [0, 0.1) is 0 Å². The van der Waals surface area contributed by atoms with E-state index in [2.05, 4.69) is 49.4 Å². The molecule has 1 saturated heterocycles. The first-order valence-corrected chi connectivity index (χ1v) is 10.1. The summed E-state index contributed by atoms with van der Waals surface area (Å²) in [6, 6.07) is 19.4. The molecule has 30 heavy (non-hydrogen) atoms. The molecule has 4 rings (SSSR count). The summed E-state index contributed by atoms with van der Waals surface area (Å²) in [4.78, 5) is 25.9. The Labute approximate surface area is 176 Å². The van der Waals surface area contributed by atoms with E-state index in [-0.39, 0.29) is 5.91 Å². The topological polar surface area (TPSA) is 70.6 Å². The van der Waals surface area contributed by atoms with Crippen LogP contribution in [0.5, 0.6) is 5.75 Å². The second-order valence-corrected chi connectivity index (χ2v) is 6.95. The molecule has 154 valence electrons. The lowest BCUT2D eigenvalue weighted by atomic mass is 10.2. The zero-order valence-corrected chi connectivity index (χ0v) is 17.0. The standard InChI is InChI=1S/C23H25N5O2/c1-2-30-20-11-7-6-10-19(20)23(29)26-21-16-22(25-17-24-21)28-14-12-27(13-15-28)18-8-4-3-5-9-18/h3-11,16-17H,2,12-15H2,1H3,(H,24,25,26,29). The Bertz CT molecular complexity index is 988. The van der Waals surface area contributed by atoms with E-state index in [1.807, 2.05) is 31.2 Å². The van der Waals surface area contributed by atoms with Gasteiger partial charge < -0.3 is 19.9 Å². The number of ether oxygens (including phenoxy) is 1. The molecular weight excluding hydrogens is 378 g/mol. The van der Waals surface area contributed by atoms with Crippen LogP contribution in [0.1, 0.15) is 17.3 Å². The number of benzene rings is 2. The minimum Gasteiger partial charge on any atom is -0.493 e. The van der Waals surface area contributed by atoms with Crippen LogP contribution in [-0.2, 0) is 0 Å². The summed E-state index contributed by atoms with van der Waals surface area (Å²) in [5, 5.41) is 2.86. The Morgan fingerprint density at radius 2 is 1.67 bits per heavy atom. The van der Waals surface area contributed by atoms with E-state index < -0.39 is 0 Å². The first-order valence-electron chi connectivity index (χ1n) is 10.1. The van der Waals surface area contributed by atoms with E-state index in [4.69, 9.17) is 4.74 Å². The number of carbonyl (C=O) groups excluding carboxylic acids is 1. The molecule has 7 heteroatoms. The van der Waals surface area contributed by atoms with E-state index in [1.54, 1.807) is 12.1 Å². The van der Waals surface area contributed by atoms with Crippen molar-refractivity contribution in [2.24, 2.45) is 0 Å². The molecule has 3 aromatic rings. The number of aromatic nitrogens is 2. The maximum atomic E-state index is 12.7. The normalized spacial score (nSPS) is 13.8. The number of nitrogens with one attached hydrogen (secondary N) is 1. The van der Waals surface area contributed by atoms with Gasteiger partial charge in [-0.3, -0.25) is 4.79 Å². The van der Waals surface area contributed by atoms with Crippen molar-refractivity contribution in [3.05, 3.63) is 72.6 Å². The predicted octanol–water partition coefficient (Wildman–Crippen LogP) is 3.45. The van der Waals surface area contributed by atoms with Crippen LogP contribution < -0.4 is 19.9 Å². The lowest BCUT2D eigenvalue weighted by molar-refractivity contribution is 0.102. The Hall–Kier alpha value is -3.61. The van der Waals surface area contributed by atoms with Gasteiger partial charge in [0.1, 0.15) is 23.7 Å². The van der Waals surface area contributed by atoms with Crippen molar-refractivity contribution in [2.45, 2.75) is 6.92 Å². The van der Waals surface area contributed by atoms with Crippen molar-refractivity contribution in [2.75, 3.05) is 47.9 Å². The zero-order chi connectivity index (χ0) is 20.8. The van der Waals surface area contributed by atoms with Gasteiger partial charge in [0.25, 0.3) is 5.91 Å². The molecule has 0 unspecified atom stereocenters. The Morgan fingerprint density at radius 1 is 0.967 bits per heavy atom. The third-order valence-electron chi connectivity index (χ3n) is 5.05. The smallest absolute Gasteiger partial charge is 0.260 e. The summed E-state index contributed by atoms with van der Waals surface area (Å²) >= 11 is 0. The van der Waals surface area contributed by atoms with Crippen molar-refractivity contribution in [3.8, 4) is 5.75 Å². The fourth-order valence-corrected chi connectivity index (χ4v) is 3.54. The third kappa shape index (κ3) is 4.51. The van der Waals surface area contributed by atoms with Gasteiger partial charge >= 0.3 is 0 Å². The third-order valence-corrected chi connectivity index (χ3v) is 5.05. The summed E-state index contributed by atoms with van der Waals surface area (Å²) < 4.78 is 5.55.